The molecule has 0 spiro atoms. The number of hydrogen-bond donors (Lipinski definition) is 2. The lowest BCUT2D eigenvalue weighted by molar-refractivity contribution is -0.140. The normalized spacial score (nSPS) is 12.8. The molecule has 4 nitrogen and oxygen atoms in total. The average Bonchev–Trinajstić information content (AvgIpc) is 2.33. The van der Waals surface area contributed by atoms with E-state index in [0.29, 0.717) is 5.92 Å². The second-order valence-corrected chi connectivity index (χ2v) is 5.72. The van der Waals surface area contributed by atoms with Crippen molar-refractivity contribution < 1.29 is 14.6 Å². The van der Waals surface area contributed by atoms with Gasteiger partial charge in [-0.15, -0.1) is 0 Å². The zero-order chi connectivity index (χ0) is 15.3. The van der Waals surface area contributed by atoms with Crippen molar-refractivity contribution in [1.82, 2.24) is 5.32 Å². The molecule has 0 bridgehead atoms. The molecule has 2 N–H and O–H groups in total. The lowest BCUT2D eigenvalue weighted by Crippen LogP contribution is -2.44. The molecule has 0 aliphatic carbocycles. The Hall–Kier alpha value is -1.55. The van der Waals surface area contributed by atoms with Crippen molar-refractivity contribution in [2.45, 2.75) is 52.6 Å². The van der Waals surface area contributed by atoms with Gasteiger partial charge in [0.2, 0.25) is 0 Å². The van der Waals surface area contributed by atoms with Gasteiger partial charge in [0.1, 0.15) is 18.4 Å². The van der Waals surface area contributed by atoms with Crippen LogP contribution in [0.25, 0.3) is 0 Å². The Balaban J connectivity index is 2.81. The maximum atomic E-state index is 11.2. The number of aliphatic carboxylic acids is 1. The molecular weight excluding hydrogens is 254 g/mol. The molecule has 1 atom stereocenters. The minimum absolute atomic E-state index is 0.0989. The number of carboxylic acids is 1. The van der Waals surface area contributed by atoms with Crippen LogP contribution in [0.15, 0.2) is 18.2 Å². The van der Waals surface area contributed by atoms with Crippen LogP contribution in [0.3, 0.4) is 0 Å². The number of nitrogens with one attached hydrogen (secondary N) is 1. The molecular formula is C16H25NO3. The molecule has 0 aromatic heterocycles. The second kappa shape index (κ2) is 7.29. The van der Waals surface area contributed by atoms with Gasteiger partial charge < -0.3 is 9.84 Å². The van der Waals surface area contributed by atoms with Crippen LogP contribution < -0.4 is 10.1 Å². The molecule has 0 amide bonds. The first-order valence-corrected chi connectivity index (χ1v) is 7.03. The van der Waals surface area contributed by atoms with E-state index in [0.717, 1.165) is 16.9 Å². The van der Waals surface area contributed by atoms with E-state index in [1.54, 1.807) is 0 Å². The number of hydrogen-bond acceptors (Lipinski definition) is 3. The lowest BCUT2D eigenvalue weighted by Gasteiger charge is -2.20. The molecule has 1 aromatic rings. The van der Waals surface area contributed by atoms with Crippen molar-refractivity contribution in [2.75, 3.05) is 6.61 Å². The van der Waals surface area contributed by atoms with Gasteiger partial charge in [-0.2, -0.15) is 0 Å². The summed E-state index contributed by atoms with van der Waals surface area (Å²) in [6, 6.07) is 5.45. The Morgan fingerprint density at radius 2 is 1.95 bits per heavy atom. The molecule has 0 heterocycles. The fourth-order valence-corrected chi connectivity index (χ4v) is 2.01. The summed E-state index contributed by atoms with van der Waals surface area (Å²) in [6.07, 6.45) is 0. The summed E-state index contributed by atoms with van der Waals surface area (Å²) >= 11 is 0. The molecule has 20 heavy (non-hydrogen) atoms. The highest BCUT2D eigenvalue weighted by Crippen LogP contribution is 2.27. The largest absolute Gasteiger partial charge is 0.491 e. The van der Waals surface area contributed by atoms with Gasteiger partial charge in [0, 0.05) is 6.04 Å². The van der Waals surface area contributed by atoms with E-state index in [9.17, 15) is 9.90 Å². The third-order valence-electron chi connectivity index (χ3n) is 3.03. The SMILES string of the molecule is Cc1ccc(C(C)C)c(OCC(NC(C)C)C(=O)O)c1. The van der Waals surface area contributed by atoms with Gasteiger partial charge in [-0.25, -0.2) is 0 Å². The minimum atomic E-state index is -0.891. The standard InChI is InChI=1S/C16H25NO3/c1-10(2)13-7-6-12(5)8-15(13)20-9-14(16(18)19)17-11(3)4/h6-8,10-11,14,17H,9H2,1-5H3,(H,18,19). The Morgan fingerprint density at radius 1 is 1.30 bits per heavy atom. The summed E-state index contributed by atoms with van der Waals surface area (Å²) in [7, 11) is 0. The van der Waals surface area contributed by atoms with Crippen molar-refractivity contribution in [3.05, 3.63) is 29.3 Å². The lowest BCUT2D eigenvalue weighted by atomic mass is 10.0. The Bertz CT molecular complexity index is 455. The molecule has 112 valence electrons. The molecule has 0 radical (unpaired) electrons. The molecule has 0 saturated heterocycles. The third-order valence-corrected chi connectivity index (χ3v) is 3.03. The van der Waals surface area contributed by atoms with Crippen LogP contribution in [0, 0.1) is 6.92 Å². The zero-order valence-corrected chi connectivity index (χ0v) is 12.9. The van der Waals surface area contributed by atoms with Crippen LogP contribution >= 0.6 is 0 Å². The summed E-state index contributed by atoms with van der Waals surface area (Å²) in [5.41, 5.74) is 2.21. The highest BCUT2D eigenvalue weighted by Gasteiger charge is 2.19. The van der Waals surface area contributed by atoms with Crippen molar-refractivity contribution >= 4 is 5.97 Å². The fraction of sp³-hybridized carbons (Fsp3) is 0.562. The van der Waals surface area contributed by atoms with E-state index in [2.05, 4.69) is 19.2 Å². The number of carboxylic acid groups (broad SMARTS) is 1. The molecule has 0 aliphatic rings. The average molecular weight is 279 g/mol. The Kier molecular flexibility index (Phi) is 6.02. The first-order valence-electron chi connectivity index (χ1n) is 7.03. The van der Waals surface area contributed by atoms with Gasteiger partial charge in [-0.1, -0.05) is 39.8 Å². The topological polar surface area (TPSA) is 58.6 Å². The van der Waals surface area contributed by atoms with Crippen molar-refractivity contribution in [3.8, 4) is 5.75 Å². The smallest absolute Gasteiger partial charge is 0.324 e. The molecule has 4 heteroatoms. The van der Waals surface area contributed by atoms with Crippen LogP contribution in [0.2, 0.25) is 0 Å². The Morgan fingerprint density at radius 3 is 2.45 bits per heavy atom. The monoisotopic (exact) mass is 279 g/mol. The fourth-order valence-electron chi connectivity index (χ4n) is 2.01. The van der Waals surface area contributed by atoms with Gasteiger partial charge in [0.25, 0.3) is 0 Å². The molecule has 0 saturated carbocycles. The van der Waals surface area contributed by atoms with Crippen LogP contribution in [0.5, 0.6) is 5.75 Å². The number of carbonyl (C=O) groups is 1. The van der Waals surface area contributed by atoms with Crippen LogP contribution in [0.4, 0.5) is 0 Å². The number of aryl methyl sites for hydroxylation is 1. The van der Waals surface area contributed by atoms with Gasteiger partial charge in [-0.05, 0) is 30.0 Å². The molecule has 1 rings (SSSR count). The molecule has 0 fully saturated rings. The predicted octanol–water partition coefficient (Wildman–Crippen LogP) is 2.95. The maximum Gasteiger partial charge on any atom is 0.324 e. The van der Waals surface area contributed by atoms with E-state index in [4.69, 9.17) is 4.74 Å². The van der Waals surface area contributed by atoms with E-state index in [1.165, 1.54) is 0 Å². The number of ether oxygens (including phenoxy) is 1. The summed E-state index contributed by atoms with van der Waals surface area (Å²) in [5, 5.41) is 12.2. The molecule has 1 unspecified atom stereocenters. The summed E-state index contributed by atoms with van der Waals surface area (Å²) in [5.74, 6) is 0.223. The summed E-state index contributed by atoms with van der Waals surface area (Å²) < 4.78 is 5.76. The predicted molar refractivity (Wildman–Crippen MR) is 80.5 cm³/mol. The van der Waals surface area contributed by atoms with Crippen molar-refractivity contribution in [3.63, 3.8) is 0 Å². The van der Waals surface area contributed by atoms with E-state index in [-0.39, 0.29) is 12.6 Å². The quantitative estimate of drug-likeness (QED) is 0.805. The first kappa shape index (κ1) is 16.5. The third kappa shape index (κ3) is 4.85. The van der Waals surface area contributed by atoms with E-state index in [1.807, 2.05) is 39.0 Å². The van der Waals surface area contributed by atoms with Gasteiger partial charge >= 0.3 is 5.97 Å². The maximum absolute atomic E-state index is 11.2. The number of benzene rings is 1. The zero-order valence-electron chi connectivity index (χ0n) is 12.9. The van der Waals surface area contributed by atoms with Crippen LogP contribution in [-0.4, -0.2) is 29.8 Å². The van der Waals surface area contributed by atoms with Crippen molar-refractivity contribution in [2.24, 2.45) is 0 Å². The first-order chi connectivity index (χ1) is 9.31. The summed E-state index contributed by atoms with van der Waals surface area (Å²) in [4.78, 5) is 11.2. The molecule has 0 aliphatic heterocycles. The highest BCUT2D eigenvalue weighted by molar-refractivity contribution is 5.73. The van der Waals surface area contributed by atoms with E-state index < -0.39 is 12.0 Å². The summed E-state index contributed by atoms with van der Waals surface area (Å²) in [6.45, 7) is 10.1. The minimum Gasteiger partial charge on any atom is -0.491 e. The highest BCUT2D eigenvalue weighted by atomic mass is 16.5. The van der Waals surface area contributed by atoms with Gasteiger partial charge in [0.05, 0.1) is 0 Å². The second-order valence-electron chi connectivity index (χ2n) is 5.72. The van der Waals surface area contributed by atoms with Crippen LogP contribution in [0.1, 0.15) is 44.7 Å². The number of rotatable bonds is 7. The Labute approximate surface area is 121 Å². The van der Waals surface area contributed by atoms with Gasteiger partial charge in [-0.3, -0.25) is 10.1 Å². The van der Waals surface area contributed by atoms with E-state index >= 15 is 0 Å². The van der Waals surface area contributed by atoms with Crippen molar-refractivity contribution in [1.29, 1.82) is 0 Å². The van der Waals surface area contributed by atoms with Crippen LogP contribution in [-0.2, 0) is 4.79 Å². The van der Waals surface area contributed by atoms with Gasteiger partial charge in [0.15, 0.2) is 0 Å². The molecule has 1 aromatic carbocycles.